The molecule has 0 aromatic heterocycles. The molecule has 1 rings (SSSR count). The Kier molecular flexibility index (Phi) is 19.3. The molecule has 0 saturated carbocycles. The standard InChI is InChI=1S/C17H29NO.4Na/c1-16(2,3)13-9-12(11-18(7)8)10-14(15(13)19)17(4,5)6;;;;/h9-10,19H,11H2,1-8H3;;;;. The molecule has 0 bridgehead atoms. The van der Waals surface area contributed by atoms with E-state index in [9.17, 15) is 5.11 Å². The van der Waals surface area contributed by atoms with Crippen molar-refractivity contribution >= 4 is 118 Å². The monoisotopic (exact) mass is 355 g/mol. The summed E-state index contributed by atoms with van der Waals surface area (Å²) in [5.41, 5.74) is 3.24. The smallest absolute Gasteiger partial charge is 0.123 e. The van der Waals surface area contributed by atoms with Gasteiger partial charge in [0.05, 0.1) is 0 Å². The summed E-state index contributed by atoms with van der Waals surface area (Å²) in [5.74, 6) is 0.461. The molecule has 0 atom stereocenters. The second kappa shape index (κ2) is 13.2. The van der Waals surface area contributed by atoms with Gasteiger partial charge in [-0.3, -0.25) is 0 Å². The summed E-state index contributed by atoms with van der Waals surface area (Å²) >= 11 is 0. The predicted molar refractivity (Wildman–Crippen MR) is 106 cm³/mol. The molecule has 1 aromatic carbocycles. The first kappa shape index (κ1) is 33.6. The minimum absolute atomic E-state index is 0. The summed E-state index contributed by atoms with van der Waals surface area (Å²) < 4.78 is 0. The molecule has 0 aliphatic rings. The fourth-order valence-electron chi connectivity index (χ4n) is 2.29. The van der Waals surface area contributed by atoms with Crippen molar-refractivity contribution in [2.24, 2.45) is 0 Å². The van der Waals surface area contributed by atoms with Crippen LogP contribution in [0, 0.1) is 0 Å². The summed E-state index contributed by atoms with van der Waals surface area (Å²) in [6, 6.07) is 4.29. The Morgan fingerprint density at radius 3 is 1.30 bits per heavy atom. The van der Waals surface area contributed by atoms with Crippen LogP contribution in [0.5, 0.6) is 5.75 Å². The van der Waals surface area contributed by atoms with Crippen molar-refractivity contribution in [1.29, 1.82) is 0 Å². The van der Waals surface area contributed by atoms with Crippen molar-refractivity contribution in [1.82, 2.24) is 4.90 Å². The Labute approximate surface area is 232 Å². The number of nitrogens with zero attached hydrogens (tertiary/aromatic N) is 1. The predicted octanol–water partition coefficient (Wildman–Crippen LogP) is 2.53. The van der Waals surface area contributed by atoms with Gasteiger partial charge in [-0.05, 0) is 41.6 Å². The van der Waals surface area contributed by atoms with Gasteiger partial charge in [-0.2, -0.15) is 0 Å². The van der Waals surface area contributed by atoms with Gasteiger partial charge in [0, 0.05) is 125 Å². The molecule has 0 spiro atoms. The summed E-state index contributed by atoms with van der Waals surface area (Å²) in [7, 11) is 4.14. The zero-order chi connectivity index (χ0) is 15.0. The minimum Gasteiger partial charge on any atom is -0.507 e. The van der Waals surface area contributed by atoms with Crippen molar-refractivity contribution < 1.29 is 5.11 Å². The Balaban J connectivity index is -0.000000451. The van der Waals surface area contributed by atoms with E-state index in [0.717, 1.165) is 17.7 Å². The van der Waals surface area contributed by atoms with Crippen LogP contribution in [-0.2, 0) is 17.4 Å². The molecule has 0 fully saturated rings. The van der Waals surface area contributed by atoms with Crippen LogP contribution in [-0.4, -0.2) is 142 Å². The molecule has 23 heavy (non-hydrogen) atoms. The molecule has 0 unspecified atom stereocenters. The first-order chi connectivity index (χ1) is 8.43. The average molecular weight is 355 g/mol. The first-order valence-electron chi connectivity index (χ1n) is 6.94. The SMILES string of the molecule is CN(C)Cc1cc(C(C)(C)C)c(O)c(C(C)(C)C)c1.[Na].[Na].[Na].[Na]. The maximum Gasteiger partial charge on any atom is 0.123 e. The van der Waals surface area contributed by atoms with Gasteiger partial charge in [0.25, 0.3) is 0 Å². The first-order valence-corrected chi connectivity index (χ1v) is 6.94. The molecule has 4 radical (unpaired) electrons. The van der Waals surface area contributed by atoms with E-state index >= 15 is 0 Å². The van der Waals surface area contributed by atoms with Crippen molar-refractivity contribution in [3.63, 3.8) is 0 Å². The van der Waals surface area contributed by atoms with Gasteiger partial charge in [-0.15, -0.1) is 0 Å². The number of phenols is 1. The van der Waals surface area contributed by atoms with Crippen molar-refractivity contribution in [2.45, 2.75) is 58.9 Å². The van der Waals surface area contributed by atoms with Crippen LogP contribution in [0.3, 0.4) is 0 Å². The normalized spacial score (nSPS) is 10.8. The Morgan fingerprint density at radius 1 is 0.783 bits per heavy atom. The van der Waals surface area contributed by atoms with Crippen LogP contribution < -0.4 is 0 Å². The molecule has 0 aliphatic carbocycles. The van der Waals surface area contributed by atoms with E-state index in [2.05, 4.69) is 72.7 Å². The largest absolute Gasteiger partial charge is 0.507 e. The van der Waals surface area contributed by atoms with E-state index in [-0.39, 0.29) is 129 Å². The third-order valence-corrected chi connectivity index (χ3v) is 3.28. The number of rotatable bonds is 2. The Bertz CT molecular complexity index is 428. The fourth-order valence-corrected chi connectivity index (χ4v) is 2.29. The summed E-state index contributed by atoms with van der Waals surface area (Å²) in [6.45, 7) is 13.8. The molecule has 0 saturated heterocycles. The van der Waals surface area contributed by atoms with E-state index in [1.54, 1.807) is 0 Å². The molecule has 6 heteroatoms. The van der Waals surface area contributed by atoms with Gasteiger partial charge in [-0.1, -0.05) is 53.7 Å². The second-order valence-electron chi connectivity index (χ2n) is 7.78. The van der Waals surface area contributed by atoms with Gasteiger partial charge >= 0.3 is 0 Å². The van der Waals surface area contributed by atoms with Crippen LogP contribution in [0.1, 0.15) is 58.2 Å². The van der Waals surface area contributed by atoms with E-state index in [0.29, 0.717) is 5.75 Å². The summed E-state index contributed by atoms with van der Waals surface area (Å²) in [6.07, 6.45) is 0. The molecule has 2 nitrogen and oxygen atoms in total. The Hall–Kier alpha value is 2.98. The van der Waals surface area contributed by atoms with Crippen molar-refractivity contribution in [2.75, 3.05) is 14.1 Å². The van der Waals surface area contributed by atoms with E-state index < -0.39 is 0 Å². The molecule has 1 aromatic rings. The van der Waals surface area contributed by atoms with Gasteiger partial charge in [-0.25, -0.2) is 0 Å². The van der Waals surface area contributed by atoms with Crippen LogP contribution in [0.25, 0.3) is 0 Å². The van der Waals surface area contributed by atoms with Gasteiger partial charge in [0.15, 0.2) is 0 Å². The van der Waals surface area contributed by atoms with Crippen molar-refractivity contribution in [3.8, 4) is 5.75 Å². The van der Waals surface area contributed by atoms with Crippen LogP contribution in [0.15, 0.2) is 12.1 Å². The second-order valence-corrected chi connectivity index (χ2v) is 7.78. The third-order valence-electron chi connectivity index (χ3n) is 3.28. The molecular weight excluding hydrogens is 326 g/mol. The van der Waals surface area contributed by atoms with Crippen LogP contribution in [0.2, 0.25) is 0 Å². The van der Waals surface area contributed by atoms with Crippen LogP contribution in [0.4, 0.5) is 0 Å². The maximum absolute atomic E-state index is 10.6. The van der Waals surface area contributed by atoms with Crippen molar-refractivity contribution in [3.05, 3.63) is 28.8 Å². The molecule has 112 valence electrons. The number of hydrogen-bond acceptors (Lipinski definition) is 2. The topological polar surface area (TPSA) is 23.5 Å². The number of hydrogen-bond donors (Lipinski definition) is 1. The molecule has 0 amide bonds. The van der Waals surface area contributed by atoms with Gasteiger partial charge in [0.1, 0.15) is 5.75 Å². The summed E-state index contributed by atoms with van der Waals surface area (Å²) in [5, 5.41) is 10.6. The van der Waals surface area contributed by atoms with Gasteiger partial charge in [0.2, 0.25) is 0 Å². The third kappa shape index (κ3) is 10.8. The fraction of sp³-hybridized carbons (Fsp3) is 0.647. The summed E-state index contributed by atoms with van der Waals surface area (Å²) in [4.78, 5) is 2.16. The quantitative estimate of drug-likeness (QED) is 0.824. The van der Waals surface area contributed by atoms with E-state index in [1.165, 1.54) is 5.56 Å². The van der Waals surface area contributed by atoms with E-state index in [4.69, 9.17) is 0 Å². The Morgan fingerprint density at radius 2 is 1.09 bits per heavy atom. The minimum atomic E-state index is -0.0492. The van der Waals surface area contributed by atoms with Gasteiger partial charge < -0.3 is 10.0 Å². The molecule has 0 aliphatic heterocycles. The molecule has 0 heterocycles. The number of benzene rings is 1. The van der Waals surface area contributed by atoms with Crippen LogP contribution >= 0.6 is 0 Å². The number of phenolic OH excluding ortho intramolecular Hbond substituents is 1. The molecule has 1 N–H and O–H groups in total. The zero-order valence-corrected chi connectivity index (χ0v) is 25.8. The molecular formula is C17H29NNa4O. The average Bonchev–Trinajstić information content (AvgIpc) is 2.16. The maximum atomic E-state index is 10.6. The zero-order valence-electron chi connectivity index (χ0n) is 17.8. The number of aromatic hydroxyl groups is 1. The van der Waals surface area contributed by atoms with E-state index in [1.807, 2.05) is 0 Å².